The number of amides is 1. The van der Waals surface area contributed by atoms with Crippen molar-refractivity contribution in [3.8, 4) is 11.3 Å². The third-order valence-corrected chi connectivity index (χ3v) is 6.74. The molecule has 3 rings (SSSR count). The molecule has 0 atom stereocenters. The zero-order chi connectivity index (χ0) is 31.9. The summed E-state index contributed by atoms with van der Waals surface area (Å²) in [6, 6.07) is 16.4. The number of likely N-dealkylation sites (N-methyl/N-ethyl adjacent to an activating group) is 1. The number of rotatable bonds is 15. The van der Waals surface area contributed by atoms with Gasteiger partial charge < -0.3 is 57.6 Å². The van der Waals surface area contributed by atoms with Crippen LogP contribution >= 0.6 is 0 Å². The third-order valence-electron chi connectivity index (χ3n) is 6.04. The molecule has 43 heavy (non-hydrogen) atoms. The van der Waals surface area contributed by atoms with Crippen LogP contribution in [0.2, 0.25) is 0 Å². The fourth-order valence-corrected chi connectivity index (χ4v) is 4.35. The number of hydrazone groups is 1. The van der Waals surface area contributed by atoms with Crippen LogP contribution in [0.5, 0.6) is 0 Å². The van der Waals surface area contributed by atoms with Crippen molar-refractivity contribution in [2.75, 3.05) is 50.8 Å². The Labute approximate surface area is 280 Å². The molecule has 0 aliphatic carbocycles. The molecule has 0 aliphatic rings. The van der Waals surface area contributed by atoms with Gasteiger partial charge in [0.05, 0.1) is 6.21 Å². The molecular formula is C28H37N6O5S3Tc. The van der Waals surface area contributed by atoms with Gasteiger partial charge in [-0.1, -0.05) is 74.0 Å². The molecule has 0 unspecified atom stereocenters. The van der Waals surface area contributed by atoms with Gasteiger partial charge in [-0.2, -0.15) is 22.4 Å². The minimum atomic E-state index is -0.811. The van der Waals surface area contributed by atoms with Crippen molar-refractivity contribution >= 4 is 50.2 Å². The third kappa shape index (κ3) is 15.3. The zero-order valence-electron chi connectivity index (χ0n) is 24.2. The maximum atomic E-state index is 11.8. The quantitative estimate of drug-likeness (QED) is 0.107. The van der Waals surface area contributed by atoms with Crippen LogP contribution in [0.15, 0.2) is 64.3 Å². The predicted molar refractivity (Wildman–Crippen MR) is 169 cm³/mol. The Kier molecular flexibility index (Phi) is 21.7. The first-order valence-electron chi connectivity index (χ1n) is 13.5. The van der Waals surface area contributed by atoms with E-state index in [0.717, 1.165) is 80.8 Å². The van der Waals surface area contributed by atoms with Gasteiger partial charge in [0.1, 0.15) is 0 Å². The SMILES string of the molecule is CCN(CC)CCN(CC[S-])CC[S-].O=C(N/N=C/c1ccc(C[S-])cc1)OCc1c(-c2ccccc2)no[n+]1[O-].[O]=[99Tc+3]. The van der Waals surface area contributed by atoms with Gasteiger partial charge in [-0.25, -0.2) is 10.2 Å². The molecule has 3 aromatic rings. The van der Waals surface area contributed by atoms with E-state index in [0.29, 0.717) is 17.0 Å². The molecule has 0 radical (unpaired) electrons. The monoisotopic (exact) mass is 732 g/mol. The van der Waals surface area contributed by atoms with Gasteiger partial charge in [-0.15, -0.1) is 0 Å². The van der Waals surface area contributed by atoms with E-state index >= 15 is 0 Å². The Morgan fingerprint density at radius 3 is 2.16 bits per heavy atom. The van der Waals surface area contributed by atoms with E-state index in [9.17, 15) is 10.0 Å². The Hall–Kier alpha value is -2.26. The average molecular weight is 733 g/mol. The number of nitrogens with one attached hydrogen (secondary N) is 1. The van der Waals surface area contributed by atoms with E-state index in [1.807, 2.05) is 30.3 Å². The number of benzene rings is 2. The summed E-state index contributed by atoms with van der Waals surface area (Å²) in [6.07, 6.45) is 0.658. The number of carbonyl (C=O) groups excluding carboxylic acids is 1. The van der Waals surface area contributed by atoms with E-state index in [-0.39, 0.29) is 17.2 Å². The van der Waals surface area contributed by atoms with Crippen molar-refractivity contribution in [1.82, 2.24) is 20.4 Å². The van der Waals surface area contributed by atoms with Crippen LogP contribution in [0.1, 0.15) is 30.7 Å². The first-order valence-corrected chi connectivity index (χ1v) is 16.0. The van der Waals surface area contributed by atoms with E-state index in [1.54, 1.807) is 24.3 Å². The first kappa shape index (κ1) is 38.8. The number of hydrogen-bond donors (Lipinski definition) is 1. The molecule has 0 spiro atoms. The molecule has 1 aromatic heterocycles. The van der Waals surface area contributed by atoms with Crippen LogP contribution in [-0.2, 0) is 77.3 Å². The Morgan fingerprint density at radius 1 is 1.00 bits per heavy atom. The Balaban J connectivity index is 0.000000491. The van der Waals surface area contributed by atoms with E-state index in [4.69, 9.17) is 46.1 Å². The van der Waals surface area contributed by atoms with E-state index in [1.165, 1.54) is 6.21 Å². The Bertz CT molecular complexity index is 1180. The van der Waals surface area contributed by atoms with Crippen molar-refractivity contribution in [3.05, 3.63) is 76.6 Å². The average Bonchev–Trinajstić information content (AvgIpc) is 3.42. The molecule has 1 amide bonds. The summed E-state index contributed by atoms with van der Waals surface area (Å²) >= 11 is 15.8. The first-order chi connectivity index (χ1) is 20.9. The van der Waals surface area contributed by atoms with Crippen molar-refractivity contribution in [2.45, 2.75) is 26.2 Å². The number of ether oxygens (including phenoxy) is 1. The fraction of sp³-hybridized carbons (Fsp3) is 0.429. The molecule has 0 fully saturated rings. The molecule has 234 valence electrons. The van der Waals surface area contributed by atoms with Crippen molar-refractivity contribution in [2.24, 2.45) is 5.10 Å². The minimum absolute atomic E-state index is 0.0832. The van der Waals surface area contributed by atoms with Gasteiger partial charge in [0.15, 0.2) is 6.61 Å². The van der Waals surface area contributed by atoms with Gasteiger partial charge in [0.25, 0.3) is 5.69 Å². The van der Waals surface area contributed by atoms with Crippen LogP contribution < -0.4 is 10.3 Å². The van der Waals surface area contributed by atoms with Crippen LogP contribution in [-0.4, -0.2) is 78.0 Å². The Morgan fingerprint density at radius 2 is 1.60 bits per heavy atom. The molecule has 0 saturated heterocycles. The molecule has 0 bridgehead atoms. The molecule has 0 aliphatic heterocycles. The summed E-state index contributed by atoms with van der Waals surface area (Å²) in [6.45, 7) is 10.6. The van der Waals surface area contributed by atoms with E-state index in [2.05, 4.69) is 44.0 Å². The summed E-state index contributed by atoms with van der Waals surface area (Å²) in [7, 11) is 0. The zero-order valence-corrected chi connectivity index (χ0v) is 28.5. The van der Waals surface area contributed by atoms with Gasteiger partial charge in [0.2, 0.25) is 5.69 Å². The number of aromatic nitrogens is 2. The number of nitrogens with zero attached hydrogens (tertiary/aromatic N) is 5. The van der Waals surface area contributed by atoms with Crippen LogP contribution in [0.4, 0.5) is 4.79 Å². The summed E-state index contributed by atoms with van der Waals surface area (Å²) in [5.41, 5.74) is 5.12. The second-order valence-electron chi connectivity index (χ2n) is 8.70. The summed E-state index contributed by atoms with van der Waals surface area (Å²) in [4.78, 5) is 16.8. The summed E-state index contributed by atoms with van der Waals surface area (Å²) in [5, 5.41) is 19.2. The van der Waals surface area contributed by atoms with Crippen LogP contribution in [0, 0.1) is 5.21 Å². The molecular weight excluding hydrogens is 695 g/mol. The number of hydrogen-bond acceptors (Lipinski definition) is 12. The van der Waals surface area contributed by atoms with E-state index < -0.39 is 6.09 Å². The van der Waals surface area contributed by atoms with Crippen molar-refractivity contribution < 1.29 is 41.4 Å². The topological polar surface area (TPSA) is 127 Å². The predicted octanol–water partition coefficient (Wildman–Crippen LogP) is 2.88. The second-order valence-corrected chi connectivity index (χ2v) is 9.81. The molecule has 0 saturated carbocycles. The standard InChI is InChI=1S/C18H16N4O4S.C10H24N2S2.O.Tc/c23-18(20-19-10-13-6-8-14(12-27)9-7-13)25-11-16-17(21-26-22(16)24)15-4-2-1-3-5-15;1-3-11(4-2)5-6-12(7-9-13)8-10-14;;/h1-10,27H,11-12H2,(H,20,23);13-14H,3-10H2,1-2H3;;/q;;;+3/p-3/b19-10+;;;/i;;;1+1. The fourth-order valence-electron chi connectivity index (χ4n) is 3.64. The molecule has 1 N–H and O–H groups in total. The summed E-state index contributed by atoms with van der Waals surface area (Å²) in [5.74, 6) is 2.16. The maximum absolute atomic E-state index is 11.8. The normalized spacial score (nSPS) is 10.7. The molecule has 11 nitrogen and oxygen atoms in total. The summed E-state index contributed by atoms with van der Waals surface area (Å²) < 4.78 is 17.8. The molecule has 1 heterocycles. The van der Waals surface area contributed by atoms with Crippen LogP contribution in [0.25, 0.3) is 11.3 Å². The van der Waals surface area contributed by atoms with Gasteiger partial charge in [-0.05, 0) is 36.6 Å². The number of carbonyl (C=O) groups is 1. The van der Waals surface area contributed by atoms with Crippen molar-refractivity contribution in [1.29, 1.82) is 0 Å². The van der Waals surface area contributed by atoms with Gasteiger partial charge >= 0.3 is 28.5 Å². The van der Waals surface area contributed by atoms with Crippen LogP contribution in [0.3, 0.4) is 0 Å². The molecule has 15 heteroatoms. The van der Waals surface area contributed by atoms with Crippen molar-refractivity contribution in [3.63, 3.8) is 0 Å². The van der Waals surface area contributed by atoms with Gasteiger partial charge in [-0.3, -0.25) is 4.63 Å². The van der Waals surface area contributed by atoms with Gasteiger partial charge in [0, 0.05) is 23.8 Å². The molecule has 2 aromatic carbocycles. The second kappa shape index (κ2) is 24.1.